The number of hydrogen-bond acceptors (Lipinski definition) is 3. The maximum Gasteiger partial charge on any atom is 0.244 e. The first-order chi connectivity index (χ1) is 14.3. The van der Waals surface area contributed by atoms with Gasteiger partial charge in [0.15, 0.2) is 0 Å². The second-order valence-corrected chi connectivity index (χ2v) is 8.99. The van der Waals surface area contributed by atoms with E-state index in [9.17, 15) is 17.6 Å². The van der Waals surface area contributed by atoms with E-state index in [2.05, 4.69) is 0 Å². The molecule has 0 fully saturated rings. The van der Waals surface area contributed by atoms with E-state index < -0.39 is 27.8 Å². The Morgan fingerprint density at radius 3 is 2.27 bits per heavy atom. The Morgan fingerprint density at radius 1 is 1.00 bits per heavy atom. The number of rotatable bonds is 8. The number of sulfonamides is 1. The summed E-state index contributed by atoms with van der Waals surface area (Å²) in [6.45, 7) is -0.0725. The molecule has 30 heavy (non-hydrogen) atoms. The van der Waals surface area contributed by atoms with Crippen LogP contribution in [0.5, 0.6) is 0 Å². The van der Waals surface area contributed by atoms with Crippen LogP contribution in [0.15, 0.2) is 83.8 Å². The highest BCUT2D eigenvalue weighted by Crippen LogP contribution is 2.29. The van der Waals surface area contributed by atoms with Crippen molar-refractivity contribution in [2.45, 2.75) is 17.4 Å². The molecule has 1 unspecified atom stereocenters. The Balaban J connectivity index is 2.04. The molecule has 1 amide bonds. The van der Waals surface area contributed by atoms with Crippen molar-refractivity contribution in [3.05, 3.63) is 101 Å². The van der Waals surface area contributed by atoms with E-state index in [4.69, 9.17) is 17.3 Å². The normalized spacial score (nSPS) is 12.6. The lowest BCUT2D eigenvalue weighted by atomic mass is 10.1. The minimum atomic E-state index is -4.11. The molecule has 0 radical (unpaired) electrons. The molecular weight excluding hydrogens is 427 g/mol. The number of benzene rings is 3. The third-order valence-electron chi connectivity index (χ3n) is 4.60. The van der Waals surface area contributed by atoms with Crippen molar-refractivity contribution in [3.8, 4) is 0 Å². The number of carbonyl (C=O) groups excluding carboxylic acids is 1. The smallest absolute Gasteiger partial charge is 0.244 e. The van der Waals surface area contributed by atoms with Crippen molar-refractivity contribution in [1.29, 1.82) is 0 Å². The molecule has 8 heteroatoms. The summed E-state index contributed by atoms with van der Waals surface area (Å²) < 4.78 is 41.5. The molecule has 3 rings (SSSR count). The molecule has 0 bridgehead atoms. The van der Waals surface area contributed by atoms with Gasteiger partial charge in [-0.25, -0.2) is 12.8 Å². The zero-order chi connectivity index (χ0) is 21.7. The van der Waals surface area contributed by atoms with Crippen molar-refractivity contribution >= 4 is 27.5 Å². The van der Waals surface area contributed by atoms with Crippen LogP contribution in [0.25, 0.3) is 0 Å². The van der Waals surface area contributed by atoms with Crippen LogP contribution in [0.2, 0.25) is 5.02 Å². The van der Waals surface area contributed by atoms with Gasteiger partial charge in [0.2, 0.25) is 15.9 Å². The molecule has 0 aliphatic rings. The number of carbonyl (C=O) groups is 1. The fourth-order valence-electron chi connectivity index (χ4n) is 3.17. The summed E-state index contributed by atoms with van der Waals surface area (Å²) in [7, 11) is -4.11. The summed E-state index contributed by atoms with van der Waals surface area (Å²) >= 11 is 5.89. The number of nitrogens with zero attached hydrogens (tertiary/aromatic N) is 1. The Morgan fingerprint density at radius 2 is 1.67 bits per heavy atom. The minimum absolute atomic E-state index is 0.0201. The third kappa shape index (κ3) is 5.05. The second-order valence-electron chi connectivity index (χ2n) is 6.67. The predicted molar refractivity (Wildman–Crippen MR) is 114 cm³/mol. The highest BCUT2D eigenvalue weighted by molar-refractivity contribution is 7.89. The van der Waals surface area contributed by atoms with E-state index in [1.807, 2.05) is 0 Å². The number of nitrogens with two attached hydrogens (primary N) is 1. The van der Waals surface area contributed by atoms with Crippen LogP contribution in [0.1, 0.15) is 17.2 Å². The molecule has 0 aliphatic carbocycles. The fourth-order valence-corrected chi connectivity index (χ4v) is 4.88. The fraction of sp³-hybridized carbons (Fsp3) is 0.136. The maximum atomic E-state index is 13.6. The van der Waals surface area contributed by atoms with Crippen LogP contribution in [0, 0.1) is 5.82 Å². The zero-order valence-corrected chi connectivity index (χ0v) is 17.5. The topological polar surface area (TPSA) is 80.5 Å². The lowest BCUT2D eigenvalue weighted by Gasteiger charge is -2.29. The molecule has 0 spiro atoms. The lowest BCUT2D eigenvalue weighted by molar-refractivity contribution is -0.121. The van der Waals surface area contributed by atoms with Gasteiger partial charge in [-0.1, -0.05) is 54.1 Å². The van der Waals surface area contributed by atoms with Gasteiger partial charge in [0, 0.05) is 11.6 Å². The number of hydrogen-bond donors (Lipinski definition) is 1. The Hall–Kier alpha value is -2.74. The van der Waals surface area contributed by atoms with Crippen molar-refractivity contribution in [1.82, 2.24) is 4.31 Å². The molecule has 0 saturated carbocycles. The van der Waals surface area contributed by atoms with Crippen molar-refractivity contribution in [3.63, 3.8) is 0 Å². The van der Waals surface area contributed by atoms with Crippen LogP contribution in [-0.4, -0.2) is 25.2 Å². The Bertz CT molecular complexity index is 1120. The molecule has 0 saturated heterocycles. The largest absolute Gasteiger partial charge is 0.368 e. The van der Waals surface area contributed by atoms with Crippen LogP contribution < -0.4 is 5.73 Å². The lowest BCUT2D eigenvalue weighted by Crippen LogP contribution is -2.42. The molecule has 5 nitrogen and oxygen atoms in total. The molecule has 0 heterocycles. The van der Waals surface area contributed by atoms with Crippen LogP contribution in [0.4, 0.5) is 4.39 Å². The molecular formula is C22H20ClFN2O3S. The minimum Gasteiger partial charge on any atom is -0.368 e. The molecule has 0 aromatic heterocycles. The van der Waals surface area contributed by atoms with E-state index in [0.29, 0.717) is 16.1 Å². The number of halogens is 2. The molecule has 2 N–H and O–H groups in total. The first-order valence-corrected chi connectivity index (χ1v) is 11.0. The van der Waals surface area contributed by atoms with Crippen LogP contribution in [0.3, 0.4) is 0 Å². The van der Waals surface area contributed by atoms with Gasteiger partial charge in [0.05, 0.1) is 4.90 Å². The first-order valence-electron chi connectivity index (χ1n) is 9.15. The summed E-state index contributed by atoms with van der Waals surface area (Å²) in [5.41, 5.74) is 6.68. The van der Waals surface area contributed by atoms with Gasteiger partial charge in [-0.15, -0.1) is 0 Å². The SMILES string of the molecule is NC(=O)C(c1ccccc1)N(CCc1cccc(F)c1)S(=O)(=O)c1ccc(Cl)cc1. The van der Waals surface area contributed by atoms with Gasteiger partial charge < -0.3 is 5.73 Å². The average molecular weight is 447 g/mol. The maximum absolute atomic E-state index is 13.6. The van der Waals surface area contributed by atoms with Crippen LogP contribution in [-0.2, 0) is 21.2 Å². The average Bonchev–Trinajstić information content (AvgIpc) is 2.71. The van der Waals surface area contributed by atoms with Gasteiger partial charge in [0.1, 0.15) is 11.9 Å². The molecule has 156 valence electrons. The highest BCUT2D eigenvalue weighted by atomic mass is 35.5. The van der Waals surface area contributed by atoms with Crippen molar-refractivity contribution < 1.29 is 17.6 Å². The van der Waals surface area contributed by atoms with Gasteiger partial charge in [-0.3, -0.25) is 4.79 Å². The first kappa shape index (κ1) is 22.0. The zero-order valence-electron chi connectivity index (χ0n) is 15.9. The molecule has 1 atom stereocenters. The summed E-state index contributed by atoms with van der Waals surface area (Å²) in [5, 5.41) is 0.384. The summed E-state index contributed by atoms with van der Waals surface area (Å²) in [6.07, 6.45) is 0.196. The van der Waals surface area contributed by atoms with Crippen LogP contribution >= 0.6 is 11.6 Å². The van der Waals surface area contributed by atoms with E-state index in [-0.39, 0.29) is 17.9 Å². The van der Waals surface area contributed by atoms with E-state index in [0.717, 1.165) is 4.31 Å². The standard InChI is InChI=1S/C22H20ClFN2O3S/c23-18-9-11-20(12-10-18)30(28,29)26(14-13-16-5-4-8-19(24)15-16)21(22(25)27)17-6-2-1-3-7-17/h1-12,15,21H,13-14H2,(H2,25,27). The summed E-state index contributed by atoms with van der Waals surface area (Å²) in [4.78, 5) is 12.4. The highest BCUT2D eigenvalue weighted by Gasteiger charge is 2.35. The Kier molecular flexibility index (Phi) is 6.87. The molecule has 3 aromatic carbocycles. The predicted octanol–water partition coefficient (Wildman–Crippen LogP) is 3.94. The summed E-state index contributed by atoms with van der Waals surface area (Å²) in [5.74, 6) is -1.23. The second kappa shape index (κ2) is 9.38. The quantitative estimate of drug-likeness (QED) is 0.569. The number of amides is 1. The van der Waals surface area contributed by atoms with Gasteiger partial charge in [0.25, 0.3) is 0 Å². The summed E-state index contributed by atoms with van der Waals surface area (Å²) in [6, 6.07) is 18.8. The van der Waals surface area contributed by atoms with E-state index >= 15 is 0 Å². The van der Waals surface area contributed by atoms with Gasteiger partial charge >= 0.3 is 0 Å². The van der Waals surface area contributed by atoms with Crippen molar-refractivity contribution in [2.24, 2.45) is 5.73 Å². The third-order valence-corrected chi connectivity index (χ3v) is 6.73. The molecule has 0 aliphatic heterocycles. The van der Waals surface area contributed by atoms with E-state index in [1.54, 1.807) is 42.5 Å². The monoisotopic (exact) mass is 446 g/mol. The molecule has 3 aromatic rings. The Labute approximate surface area is 179 Å². The van der Waals surface area contributed by atoms with Crippen molar-refractivity contribution in [2.75, 3.05) is 6.54 Å². The van der Waals surface area contributed by atoms with Gasteiger partial charge in [-0.05, 0) is 53.9 Å². The van der Waals surface area contributed by atoms with E-state index in [1.165, 1.54) is 36.4 Å². The van der Waals surface area contributed by atoms with Gasteiger partial charge in [-0.2, -0.15) is 4.31 Å². The number of primary amides is 1.